The van der Waals surface area contributed by atoms with Crippen LogP contribution in [0.2, 0.25) is 0 Å². The molecule has 0 aromatic heterocycles. The van der Waals surface area contributed by atoms with Gasteiger partial charge in [0.25, 0.3) is 0 Å². The third-order valence-corrected chi connectivity index (χ3v) is 2.88. The van der Waals surface area contributed by atoms with E-state index in [9.17, 15) is 13.2 Å². The second kappa shape index (κ2) is 6.30. The summed E-state index contributed by atoms with van der Waals surface area (Å²) in [6, 6.07) is 12.9. The molecule has 2 aromatic rings. The van der Waals surface area contributed by atoms with Gasteiger partial charge in [0, 0.05) is 0 Å². The lowest BCUT2D eigenvalue weighted by atomic mass is 9.98. The van der Waals surface area contributed by atoms with Gasteiger partial charge in [-0.25, -0.2) is 0 Å². The first kappa shape index (κ1) is 15.6. The fourth-order valence-electron chi connectivity index (χ4n) is 1.98. The van der Waals surface area contributed by atoms with Crippen molar-refractivity contribution in [1.82, 2.24) is 0 Å². The largest absolute Gasteiger partial charge is 0.634 e. The molecule has 0 aliphatic rings. The molecule has 2 rings (SSSR count). The molecule has 7 heteroatoms. The van der Waals surface area contributed by atoms with Crippen LogP contribution in [-0.2, 0) is 10.8 Å². The summed E-state index contributed by atoms with van der Waals surface area (Å²) in [6.45, 7) is 0. The molecule has 0 aliphatic heterocycles. The highest BCUT2D eigenvalue weighted by molar-refractivity contribution is 6.32. The molecule has 0 spiro atoms. The van der Waals surface area contributed by atoms with Crippen molar-refractivity contribution in [3.8, 4) is 0 Å². The molecule has 110 valence electrons. The fraction of sp³-hybridized carbons (Fsp3) is 0.143. The summed E-state index contributed by atoms with van der Waals surface area (Å²) in [7, 11) is -2.09. The zero-order chi connectivity index (χ0) is 15.5. The summed E-state index contributed by atoms with van der Waals surface area (Å²) in [5, 5.41) is 18.0. The molecule has 0 amide bonds. The van der Waals surface area contributed by atoms with Crippen LogP contribution in [0.1, 0.15) is 22.8 Å². The van der Waals surface area contributed by atoms with Crippen molar-refractivity contribution in [1.29, 1.82) is 0 Å². The second-order valence-electron chi connectivity index (χ2n) is 4.38. The van der Waals surface area contributed by atoms with E-state index in [-0.39, 0.29) is 5.56 Å². The van der Waals surface area contributed by atoms with E-state index < -0.39 is 25.2 Å². The highest BCUT2D eigenvalue weighted by Crippen LogP contribution is 2.33. The fourth-order valence-corrected chi connectivity index (χ4v) is 1.98. The minimum absolute atomic E-state index is 0.184. The van der Waals surface area contributed by atoms with Gasteiger partial charge in [-0.05, 0) is 23.3 Å². The van der Waals surface area contributed by atoms with Crippen molar-refractivity contribution < 1.29 is 27.9 Å². The summed E-state index contributed by atoms with van der Waals surface area (Å²) < 4.78 is 43.2. The van der Waals surface area contributed by atoms with Crippen molar-refractivity contribution >= 4 is 7.32 Å². The Morgan fingerprint density at radius 1 is 0.905 bits per heavy atom. The first-order valence-electron chi connectivity index (χ1n) is 6.11. The van der Waals surface area contributed by atoms with Crippen LogP contribution in [0, 0.1) is 0 Å². The minimum Gasteiger partial charge on any atom is -0.402 e. The number of alkyl halides is 3. The summed E-state index contributed by atoms with van der Waals surface area (Å²) in [6.07, 6.45) is -5.48. The molecule has 0 aliphatic carbocycles. The molecule has 0 saturated heterocycles. The maximum absolute atomic E-state index is 12.8. The summed E-state index contributed by atoms with van der Waals surface area (Å²) in [5.74, 6) is 0. The molecule has 0 bridgehead atoms. The quantitative estimate of drug-likeness (QED) is 0.853. The van der Waals surface area contributed by atoms with Crippen molar-refractivity contribution in [2.75, 3.05) is 0 Å². The van der Waals surface area contributed by atoms with E-state index in [2.05, 4.69) is 0 Å². The van der Waals surface area contributed by atoms with Gasteiger partial charge in [0.05, 0.1) is 11.7 Å². The van der Waals surface area contributed by atoms with Crippen LogP contribution in [0.25, 0.3) is 0 Å². The third kappa shape index (κ3) is 4.07. The normalized spacial score (nSPS) is 13.0. The van der Waals surface area contributed by atoms with Gasteiger partial charge in [-0.1, -0.05) is 42.5 Å². The molecular weight excluding hydrogens is 284 g/mol. The lowest BCUT2D eigenvalue weighted by Crippen LogP contribution is -2.21. The van der Waals surface area contributed by atoms with Crippen molar-refractivity contribution in [2.45, 2.75) is 12.3 Å². The van der Waals surface area contributed by atoms with E-state index in [4.69, 9.17) is 14.7 Å². The molecule has 0 saturated carbocycles. The van der Waals surface area contributed by atoms with E-state index in [1.807, 2.05) is 0 Å². The van der Waals surface area contributed by atoms with Crippen LogP contribution in [0.4, 0.5) is 13.2 Å². The third-order valence-electron chi connectivity index (χ3n) is 2.88. The predicted molar refractivity (Wildman–Crippen MR) is 71.0 cm³/mol. The Morgan fingerprint density at radius 3 is 2.10 bits per heavy atom. The zero-order valence-electron chi connectivity index (χ0n) is 10.8. The maximum Gasteiger partial charge on any atom is 0.634 e. The van der Waals surface area contributed by atoms with E-state index >= 15 is 0 Å². The van der Waals surface area contributed by atoms with Gasteiger partial charge in [0.2, 0.25) is 0 Å². The minimum atomic E-state index is -4.48. The Bertz CT molecular complexity index is 588. The van der Waals surface area contributed by atoms with E-state index in [1.165, 1.54) is 12.1 Å². The molecule has 1 unspecified atom stereocenters. The number of rotatable bonds is 4. The molecule has 2 N–H and O–H groups in total. The molecule has 0 fully saturated rings. The van der Waals surface area contributed by atoms with Crippen LogP contribution >= 0.6 is 0 Å². The predicted octanol–water partition coefficient (Wildman–Crippen LogP) is 2.78. The number of hydrogen-bond acceptors (Lipinski definition) is 3. The molecule has 0 heterocycles. The van der Waals surface area contributed by atoms with E-state index in [1.54, 1.807) is 30.3 Å². The Labute approximate surface area is 119 Å². The second-order valence-corrected chi connectivity index (χ2v) is 4.38. The topological polar surface area (TPSA) is 49.7 Å². The van der Waals surface area contributed by atoms with Crippen LogP contribution in [0.5, 0.6) is 0 Å². The van der Waals surface area contributed by atoms with E-state index in [0.717, 1.165) is 12.1 Å². The van der Waals surface area contributed by atoms with Gasteiger partial charge in [0.1, 0.15) is 0 Å². The average Bonchev–Trinajstić information content (AvgIpc) is 2.45. The van der Waals surface area contributed by atoms with Gasteiger partial charge in [-0.15, -0.1) is 0 Å². The van der Waals surface area contributed by atoms with Gasteiger partial charge < -0.3 is 14.7 Å². The van der Waals surface area contributed by atoms with Crippen LogP contribution in [0.3, 0.4) is 0 Å². The van der Waals surface area contributed by atoms with Gasteiger partial charge >= 0.3 is 13.5 Å². The van der Waals surface area contributed by atoms with Crippen LogP contribution < -0.4 is 0 Å². The summed E-state index contributed by atoms with van der Waals surface area (Å²) in [4.78, 5) is 0. The van der Waals surface area contributed by atoms with Crippen molar-refractivity contribution in [3.05, 3.63) is 71.3 Å². The Morgan fingerprint density at radius 2 is 1.52 bits per heavy atom. The standard InChI is InChI=1S/C14H12BF3O3/c16-14(17,18)12-8-4-7-11(9-12)13(21-15(19)20)10-5-2-1-3-6-10/h1-9,13,19-20H. The Kier molecular flexibility index (Phi) is 4.67. The smallest absolute Gasteiger partial charge is 0.402 e. The first-order valence-corrected chi connectivity index (χ1v) is 6.11. The van der Waals surface area contributed by atoms with Crippen molar-refractivity contribution in [2.24, 2.45) is 0 Å². The molecule has 21 heavy (non-hydrogen) atoms. The Hall–Kier alpha value is -1.83. The molecule has 3 nitrogen and oxygen atoms in total. The first-order chi connectivity index (χ1) is 9.88. The highest BCUT2D eigenvalue weighted by atomic mass is 19.4. The van der Waals surface area contributed by atoms with Crippen LogP contribution in [-0.4, -0.2) is 17.4 Å². The Balaban J connectivity index is 2.42. The molecule has 0 radical (unpaired) electrons. The van der Waals surface area contributed by atoms with Gasteiger partial charge in [-0.3, -0.25) is 0 Å². The zero-order valence-corrected chi connectivity index (χ0v) is 10.8. The molecule has 1 atom stereocenters. The average molecular weight is 296 g/mol. The highest BCUT2D eigenvalue weighted by Gasteiger charge is 2.31. The molecular formula is C14H12BF3O3. The van der Waals surface area contributed by atoms with Crippen LogP contribution in [0.15, 0.2) is 54.6 Å². The van der Waals surface area contributed by atoms with Gasteiger partial charge in [-0.2, -0.15) is 13.2 Å². The SMILES string of the molecule is OB(O)OC(c1ccccc1)c1cccc(C(F)(F)F)c1. The summed E-state index contributed by atoms with van der Waals surface area (Å²) in [5.41, 5.74) is -0.119. The monoisotopic (exact) mass is 296 g/mol. The number of hydrogen-bond donors (Lipinski definition) is 2. The van der Waals surface area contributed by atoms with E-state index in [0.29, 0.717) is 5.56 Å². The number of benzene rings is 2. The molecule has 2 aromatic carbocycles. The lowest BCUT2D eigenvalue weighted by molar-refractivity contribution is -0.137. The number of halogens is 3. The van der Waals surface area contributed by atoms with Crippen molar-refractivity contribution in [3.63, 3.8) is 0 Å². The lowest BCUT2D eigenvalue weighted by Gasteiger charge is -2.20. The van der Waals surface area contributed by atoms with Gasteiger partial charge in [0.15, 0.2) is 0 Å². The maximum atomic E-state index is 12.8. The summed E-state index contributed by atoms with van der Waals surface area (Å²) >= 11 is 0.